The van der Waals surface area contributed by atoms with Gasteiger partial charge in [-0.15, -0.1) is 0 Å². The molecule has 0 aliphatic carbocycles. The lowest BCUT2D eigenvalue weighted by Gasteiger charge is -2.26. The standard InChI is InChI=1S/C14H16ClF3N2O2/c15-12-2-1-10(9-11(12)14(16,17)18)19-13(21)3-4-20-5-7-22-8-6-20/h1-2,9H,3-8H2,(H,19,21). The molecule has 122 valence electrons. The van der Waals surface area contributed by atoms with E-state index in [2.05, 4.69) is 10.2 Å². The van der Waals surface area contributed by atoms with Crippen molar-refractivity contribution in [2.24, 2.45) is 0 Å². The van der Waals surface area contributed by atoms with Gasteiger partial charge in [-0.25, -0.2) is 0 Å². The van der Waals surface area contributed by atoms with Crippen molar-refractivity contribution in [3.63, 3.8) is 0 Å². The van der Waals surface area contributed by atoms with Gasteiger partial charge in [0.15, 0.2) is 0 Å². The first-order valence-electron chi connectivity index (χ1n) is 6.83. The first-order valence-corrected chi connectivity index (χ1v) is 7.21. The number of hydrogen-bond acceptors (Lipinski definition) is 3. The predicted molar refractivity (Wildman–Crippen MR) is 77.0 cm³/mol. The van der Waals surface area contributed by atoms with Crippen LogP contribution in [0.4, 0.5) is 18.9 Å². The van der Waals surface area contributed by atoms with Crippen LogP contribution in [0.1, 0.15) is 12.0 Å². The van der Waals surface area contributed by atoms with Crippen molar-refractivity contribution in [1.29, 1.82) is 0 Å². The zero-order chi connectivity index (χ0) is 16.2. The number of nitrogens with one attached hydrogen (secondary N) is 1. The Hall–Kier alpha value is -1.31. The lowest BCUT2D eigenvalue weighted by atomic mass is 10.2. The molecule has 1 N–H and O–H groups in total. The molecule has 0 aromatic heterocycles. The van der Waals surface area contributed by atoms with E-state index < -0.39 is 11.7 Å². The van der Waals surface area contributed by atoms with E-state index in [1.165, 1.54) is 6.07 Å². The summed E-state index contributed by atoms with van der Waals surface area (Å²) in [6, 6.07) is 3.32. The molecule has 1 aromatic carbocycles. The number of halogens is 4. The highest BCUT2D eigenvalue weighted by molar-refractivity contribution is 6.31. The highest BCUT2D eigenvalue weighted by Crippen LogP contribution is 2.36. The van der Waals surface area contributed by atoms with Gasteiger partial charge in [0.25, 0.3) is 0 Å². The quantitative estimate of drug-likeness (QED) is 0.919. The summed E-state index contributed by atoms with van der Waals surface area (Å²) in [7, 11) is 0. The first kappa shape index (κ1) is 17.1. The maximum Gasteiger partial charge on any atom is 0.417 e. The molecule has 1 fully saturated rings. The van der Waals surface area contributed by atoms with Gasteiger partial charge in [0, 0.05) is 31.7 Å². The number of nitrogens with zero attached hydrogens (tertiary/aromatic N) is 1. The molecule has 4 nitrogen and oxygen atoms in total. The number of morpholine rings is 1. The van der Waals surface area contributed by atoms with Gasteiger partial charge in [-0.05, 0) is 18.2 Å². The average molecular weight is 337 g/mol. The Labute approximate surface area is 131 Å². The van der Waals surface area contributed by atoms with Crippen LogP contribution in [0.3, 0.4) is 0 Å². The fourth-order valence-corrected chi connectivity index (χ4v) is 2.35. The van der Waals surface area contributed by atoms with Gasteiger partial charge in [0.05, 0.1) is 23.8 Å². The monoisotopic (exact) mass is 336 g/mol. The molecule has 0 radical (unpaired) electrons. The Morgan fingerprint density at radius 3 is 2.64 bits per heavy atom. The van der Waals surface area contributed by atoms with Crippen molar-refractivity contribution < 1.29 is 22.7 Å². The molecule has 2 rings (SSSR count). The highest BCUT2D eigenvalue weighted by atomic mass is 35.5. The number of ether oxygens (including phenoxy) is 1. The number of carbonyl (C=O) groups excluding carboxylic acids is 1. The van der Waals surface area contributed by atoms with E-state index in [4.69, 9.17) is 16.3 Å². The number of rotatable bonds is 4. The average Bonchev–Trinajstić information content (AvgIpc) is 2.47. The summed E-state index contributed by atoms with van der Waals surface area (Å²) >= 11 is 5.53. The van der Waals surface area contributed by atoms with Crippen molar-refractivity contribution in [3.8, 4) is 0 Å². The lowest BCUT2D eigenvalue weighted by molar-refractivity contribution is -0.137. The topological polar surface area (TPSA) is 41.6 Å². The minimum absolute atomic E-state index is 0.0868. The van der Waals surface area contributed by atoms with Gasteiger partial charge < -0.3 is 10.1 Å². The molecule has 1 aliphatic heterocycles. The molecule has 1 saturated heterocycles. The van der Waals surface area contributed by atoms with Crippen LogP contribution < -0.4 is 5.32 Å². The van der Waals surface area contributed by atoms with Crippen LogP contribution in [-0.4, -0.2) is 43.7 Å². The van der Waals surface area contributed by atoms with Crippen molar-refractivity contribution in [3.05, 3.63) is 28.8 Å². The molecular formula is C14H16ClF3N2O2. The predicted octanol–water partition coefficient (Wildman–Crippen LogP) is 3.02. The lowest BCUT2D eigenvalue weighted by Crippen LogP contribution is -2.38. The van der Waals surface area contributed by atoms with Crippen LogP contribution in [0.15, 0.2) is 18.2 Å². The van der Waals surface area contributed by atoms with E-state index in [0.717, 1.165) is 25.2 Å². The molecule has 8 heteroatoms. The molecule has 0 spiro atoms. The first-order chi connectivity index (χ1) is 10.4. The van der Waals surface area contributed by atoms with Crippen LogP contribution in [-0.2, 0) is 15.7 Å². The third kappa shape index (κ3) is 4.86. The molecule has 1 heterocycles. The van der Waals surface area contributed by atoms with E-state index in [0.29, 0.717) is 19.8 Å². The number of hydrogen-bond donors (Lipinski definition) is 1. The zero-order valence-electron chi connectivity index (χ0n) is 11.8. The Morgan fingerprint density at radius 1 is 1.32 bits per heavy atom. The maximum atomic E-state index is 12.7. The summed E-state index contributed by atoms with van der Waals surface area (Å²) in [5.41, 5.74) is -0.871. The second kappa shape index (κ2) is 7.30. The van der Waals surface area contributed by atoms with Crippen LogP contribution in [0, 0.1) is 0 Å². The molecule has 1 aromatic rings. The molecule has 22 heavy (non-hydrogen) atoms. The summed E-state index contributed by atoms with van der Waals surface area (Å²) < 4.78 is 43.4. The van der Waals surface area contributed by atoms with E-state index >= 15 is 0 Å². The molecule has 0 saturated carbocycles. The van der Waals surface area contributed by atoms with E-state index in [-0.39, 0.29) is 23.0 Å². The van der Waals surface area contributed by atoms with Crippen LogP contribution >= 0.6 is 11.6 Å². The van der Waals surface area contributed by atoms with Gasteiger partial charge in [-0.2, -0.15) is 13.2 Å². The normalized spacial score (nSPS) is 16.5. The largest absolute Gasteiger partial charge is 0.417 e. The summed E-state index contributed by atoms with van der Waals surface area (Å²) in [5.74, 6) is -0.332. The van der Waals surface area contributed by atoms with Crippen LogP contribution in [0.2, 0.25) is 5.02 Å². The third-order valence-electron chi connectivity index (χ3n) is 3.31. The molecule has 0 unspecified atom stereocenters. The molecule has 0 bridgehead atoms. The van der Waals surface area contributed by atoms with Crippen molar-refractivity contribution in [1.82, 2.24) is 4.90 Å². The smallest absolute Gasteiger partial charge is 0.379 e. The number of amides is 1. The zero-order valence-corrected chi connectivity index (χ0v) is 12.5. The van der Waals surface area contributed by atoms with Gasteiger partial charge in [-0.3, -0.25) is 9.69 Å². The number of benzene rings is 1. The maximum absolute atomic E-state index is 12.7. The van der Waals surface area contributed by atoms with E-state index in [9.17, 15) is 18.0 Å². The van der Waals surface area contributed by atoms with Gasteiger partial charge in [0.1, 0.15) is 0 Å². The second-order valence-corrected chi connectivity index (χ2v) is 5.35. The van der Waals surface area contributed by atoms with Crippen LogP contribution in [0.25, 0.3) is 0 Å². The van der Waals surface area contributed by atoms with Gasteiger partial charge >= 0.3 is 6.18 Å². The Morgan fingerprint density at radius 2 is 2.00 bits per heavy atom. The second-order valence-electron chi connectivity index (χ2n) is 4.94. The fourth-order valence-electron chi connectivity index (χ4n) is 2.13. The minimum atomic E-state index is -4.55. The van der Waals surface area contributed by atoms with Gasteiger partial charge in [-0.1, -0.05) is 11.6 Å². The fraction of sp³-hybridized carbons (Fsp3) is 0.500. The summed E-state index contributed by atoms with van der Waals surface area (Å²) in [6.07, 6.45) is -4.34. The van der Waals surface area contributed by atoms with Crippen molar-refractivity contribution in [2.75, 3.05) is 38.2 Å². The summed E-state index contributed by atoms with van der Waals surface area (Å²) in [5, 5.41) is 2.08. The Balaban J connectivity index is 1.91. The van der Waals surface area contributed by atoms with Crippen LogP contribution in [0.5, 0.6) is 0 Å². The highest BCUT2D eigenvalue weighted by Gasteiger charge is 2.33. The number of carbonyl (C=O) groups is 1. The number of alkyl halides is 3. The van der Waals surface area contributed by atoms with Crippen molar-refractivity contribution >= 4 is 23.2 Å². The molecular weight excluding hydrogens is 321 g/mol. The molecule has 1 aliphatic rings. The van der Waals surface area contributed by atoms with Gasteiger partial charge in [0.2, 0.25) is 5.91 Å². The molecule has 0 atom stereocenters. The Kier molecular flexibility index (Phi) is 5.66. The summed E-state index contributed by atoms with van der Waals surface area (Å²) in [4.78, 5) is 13.9. The van der Waals surface area contributed by atoms with E-state index in [1.54, 1.807) is 0 Å². The summed E-state index contributed by atoms with van der Waals surface area (Å²) in [6.45, 7) is 3.33. The number of anilines is 1. The Bertz CT molecular complexity index is 531. The molecule has 1 amide bonds. The van der Waals surface area contributed by atoms with Crippen molar-refractivity contribution in [2.45, 2.75) is 12.6 Å². The third-order valence-corrected chi connectivity index (χ3v) is 3.64. The minimum Gasteiger partial charge on any atom is -0.379 e. The van der Waals surface area contributed by atoms with E-state index in [1.807, 2.05) is 0 Å². The SMILES string of the molecule is O=C(CCN1CCOCC1)Nc1ccc(Cl)c(C(F)(F)F)c1.